The molecule has 0 aliphatic rings. The molecule has 0 radical (unpaired) electrons. The van der Waals surface area contributed by atoms with Gasteiger partial charge in [-0.3, -0.25) is 4.79 Å². The lowest BCUT2D eigenvalue weighted by Gasteiger charge is -2.24. The molecule has 0 aliphatic carbocycles. The van der Waals surface area contributed by atoms with Crippen LogP contribution in [-0.2, 0) is 4.79 Å². The fourth-order valence-electron chi connectivity index (χ4n) is 1.74. The van der Waals surface area contributed by atoms with E-state index in [1.807, 2.05) is 58.0 Å². The van der Waals surface area contributed by atoms with Crippen molar-refractivity contribution in [1.82, 2.24) is 5.32 Å². The molecule has 4 heteroatoms. The van der Waals surface area contributed by atoms with Gasteiger partial charge in [0.05, 0.1) is 7.11 Å². The molecule has 116 valence electrons. The Morgan fingerprint density at radius 2 is 2.05 bits per heavy atom. The lowest BCUT2D eigenvalue weighted by Crippen LogP contribution is -2.44. The van der Waals surface area contributed by atoms with Gasteiger partial charge in [-0.25, -0.2) is 0 Å². The summed E-state index contributed by atoms with van der Waals surface area (Å²) in [6.07, 6.45) is 4.79. The molecule has 0 saturated carbocycles. The summed E-state index contributed by atoms with van der Waals surface area (Å²) in [6, 6.07) is 5.61. The van der Waals surface area contributed by atoms with E-state index in [1.54, 1.807) is 7.11 Å². The van der Waals surface area contributed by atoms with Gasteiger partial charge in [0.1, 0.15) is 0 Å². The highest BCUT2D eigenvalue weighted by Gasteiger charge is 2.18. The molecule has 1 aromatic rings. The molecule has 0 atom stereocenters. The van der Waals surface area contributed by atoms with Crippen LogP contribution < -0.4 is 14.8 Å². The van der Waals surface area contributed by atoms with E-state index < -0.39 is 0 Å². The van der Waals surface area contributed by atoms with Crippen molar-refractivity contribution in [1.29, 1.82) is 0 Å². The summed E-state index contributed by atoms with van der Waals surface area (Å²) in [7, 11) is 1.59. The van der Waals surface area contributed by atoms with Gasteiger partial charge < -0.3 is 14.8 Å². The molecule has 0 bridgehead atoms. The molecule has 0 fully saturated rings. The monoisotopic (exact) mass is 291 g/mol. The summed E-state index contributed by atoms with van der Waals surface area (Å²) in [5, 5.41) is 2.93. The number of rotatable bonds is 7. The molecule has 0 saturated heterocycles. The lowest BCUT2D eigenvalue weighted by atomic mass is 10.0. The predicted molar refractivity (Wildman–Crippen MR) is 85.7 cm³/mol. The predicted octanol–water partition coefficient (Wildman–Crippen LogP) is 3.41. The Kier molecular flexibility index (Phi) is 6.28. The van der Waals surface area contributed by atoms with Gasteiger partial charge in [-0.2, -0.15) is 0 Å². The maximum absolute atomic E-state index is 11.9. The number of amides is 1. The second-order valence-electron chi connectivity index (χ2n) is 5.48. The second-order valence-corrected chi connectivity index (χ2v) is 5.48. The second kappa shape index (κ2) is 7.72. The van der Waals surface area contributed by atoms with E-state index in [1.165, 1.54) is 0 Å². The van der Waals surface area contributed by atoms with Gasteiger partial charge in [-0.05, 0) is 44.9 Å². The molecule has 1 rings (SSSR count). The molecule has 0 spiro atoms. The van der Waals surface area contributed by atoms with Crippen molar-refractivity contribution in [2.45, 2.75) is 39.7 Å². The summed E-state index contributed by atoms with van der Waals surface area (Å²) in [5.74, 6) is 1.05. The smallest absolute Gasteiger partial charge is 0.258 e. The van der Waals surface area contributed by atoms with Gasteiger partial charge in [0, 0.05) is 5.54 Å². The van der Waals surface area contributed by atoms with Crippen molar-refractivity contribution < 1.29 is 14.3 Å². The number of hydrogen-bond donors (Lipinski definition) is 1. The maximum Gasteiger partial charge on any atom is 0.258 e. The number of carbonyl (C=O) groups excluding carboxylic acids is 1. The van der Waals surface area contributed by atoms with E-state index in [0.717, 1.165) is 12.0 Å². The molecule has 1 N–H and O–H groups in total. The molecule has 1 amide bonds. The van der Waals surface area contributed by atoms with Crippen LogP contribution in [0.15, 0.2) is 24.3 Å². The Morgan fingerprint density at radius 3 is 2.62 bits per heavy atom. The van der Waals surface area contributed by atoms with Crippen LogP contribution >= 0.6 is 0 Å². The molecule has 1 aromatic carbocycles. The third-order valence-electron chi connectivity index (χ3n) is 3.27. The average Bonchev–Trinajstić information content (AvgIpc) is 2.45. The van der Waals surface area contributed by atoms with Crippen molar-refractivity contribution in [3.63, 3.8) is 0 Å². The zero-order chi connectivity index (χ0) is 15.9. The molecular formula is C17H25NO3. The third-order valence-corrected chi connectivity index (χ3v) is 3.27. The summed E-state index contributed by atoms with van der Waals surface area (Å²) in [4.78, 5) is 11.9. The fraction of sp³-hybridized carbons (Fsp3) is 0.471. The Morgan fingerprint density at radius 1 is 1.33 bits per heavy atom. The van der Waals surface area contributed by atoms with Gasteiger partial charge >= 0.3 is 0 Å². The Hall–Kier alpha value is -1.97. The summed E-state index contributed by atoms with van der Waals surface area (Å²) < 4.78 is 10.8. The standard InChI is InChI=1S/C17H25NO3/c1-6-8-13-9-10-14(15(11-13)20-5)21-12-16(19)18-17(3,4)7-2/h6,8-11H,7,12H2,1-5H3,(H,18,19). The minimum absolute atomic E-state index is 0.0250. The lowest BCUT2D eigenvalue weighted by molar-refractivity contribution is -0.124. The highest BCUT2D eigenvalue weighted by molar-refractivity contribution is 5.78. The van der Waals surface area contributed by atoms with E-state index in [-0.39, 0.29) is 18.1 Å². The molecule has 0 aromatic heterocycles. The zero-order valence-corrected chi connectivity index (χ0v) is 13.5. The van der Waals surface area contributed by atoms with Gasteiger partial charge in [0.15, 0.2) is 18.1 Å². The number of nitrogens with one attached hydrogen (secondary N) is 1. The van der Waals surface area contributed by atoms with Crippen molar-refractivity contribution in [2.75, 3.05) is 13.7 Å². The molecule has 0 heterocycles. The van der Waals surface area contributed by atoms with E-state index >= 15 is 0 Å². The first-order valence-electron chi connectivity index (χ1n) is 7.16. The molecule has 21 heavy (non-hydrogen) atoms. The molecule has 0 unspecified atom stereocenters. The van der Waals surface area contributed by atoms with Crippen molar-refractivity contribution in [3.8, 4) is 11.5 Å². The van der Waals surface area contributed by atoms with Crippen LogP contribution in [0, 0.1) is 0 Å². The number of benzene rings is 1. The first-order chi connectivity index (χ1) is 9.91. The van der Waals surface area contributed by atoms with Crippen molar-refractivity contribution >= 4 is 12.0 Å². The van der Waals surface area contributed by atoms with E-state index in [2.05, 4.69) is 5.32 Å². The van der Waals surface area contributed by atoms with Gasteiger partial charge in [-0.1, -0.05) is 25.1 Å². The van der Waals surface area contributed by atoms with Gasteiger partial charge in [0.25, 0.3) is 5.91 Å². The van der Waals surface area contributed by atoms with E-state index in [0.29, 0.717) is 11.5 Å². The van der Waals surface area contributed by atoms with Gasteiger partial charge in [0.2, 0.25) is 0 Å². The van der Waals surface area contributed by atoms with Gasteiger partial charge in [-0.15, -0.1) is 0 Å². The first-order valence-corrected chi connectivity index (χ1v) is 7.16. The minimum Gasteiger partial charge on any atom is -0.493 e. The number of allylic oxidation sites excluding steroid dienone is 1. The summed E-state index contributed by atoms with van der Waals surface area (Å²) >= 11 is 0. The number of hydrogen-bond acceptors (Lipinski definition) is 3. The van der Waals surface area contributed by atoms with Crippen LogP contribution in [0.1, 0.15) is 39.7 Å². The highest BCUT2D eigenvalue weighted by atomic mass is 16.5. The quantitative estimate of drug-likeness (QED) is 0.837. The number of carbonyl (C=O) groups is 1. The SMILES string of the molecule is CC=Cc1ccc(OCC(=O)NC(C)(C)CC)c(OC)c1. The molecule has 4 nitrogen and oxygen atoms in total. The van der Waals surface area contributed by atoms with Crippen LogP contribution in [0.4, 0.5) is 0 Å². The molecular weight excluding hydrogens is 266 g/mol. The zero-order valence-electron chi connectivity index (χ0n) is 13.5. The van der Waals surface area contributed by atoms with E-state index in [9.17, 15) is 4.79 Å². The maximum atomic E-state index is 11.9. The summed E-state index contributed by atoms with van der Waals surface area (Å²) in [6.45, 7) is 7.93. The van der Waals surface area contributed by atoms with Crippen LogP contribution in [0.2, 0.25) is 0 Å². The summed E-state index contributed by atoms with van der Waals surface area (Å²) in [5.41, 5.74) is 0.804. The Bertz CT molecular complexity index is 507. The Labute approximate surface area is 127 Å². The van der Waals surface area contributed by atoms with E-state index in [4.69, 9.17) is 9.47 Å². The largest absolute Gasteiger partial charge is 0.493 e. The highest BCUT2D eigenvalue weighted by Crippen LogP contribution is 2.28. The van der Waals surface area contributed by atoms with Crippen LogP contribution in [0.3, 0.4) is 0 Å². The number of methoxy groups -OCH3 is 1. The van der Waals surface area contributed by atoms with Crippen molar-refractivity contribution in [2.24, 2.45) is 0 Å². The fourth-order valence-corrected chi connectivity index (χ4v) is 1.74. The third kappa shape index (κ3) is 5.50. The topological polar surface area (TPSA) is 47.6 Å². The van der Waals surface area contributed by atoms with Crippen molar-refractivity contribution in [3.05, 3.63) is 29.8 Å². The first kappa shape index (κ1) is 17.1. The minimum atomic E-state index is -0.222. The normalized spacial score (nSPS) is 11.5. The van der Waals surface area contributed by atoms with Crippen LogP contribution in [0.5, 0.6) is 11.5 Å². The number of ether oxygens (including phenoxy) is 2. The Balaban J connectivity index is 2.69. The van der Waals surface area contributed by atoms with Crippen LogP contribution in [-0.4, -0.2) is 25.2 Å². The average molecular weight is 291 g/mol. The van der Waals surface area contributed by atoms with Crippen LogP contribution in [0.25, 0.3) is 6.08 Å². The molecule has 0 aliphatic heterocycles.